The zero-order valence-electron chi connectivity index (χ0n) is 17.8. The Labute approximate surface area is 188 Å². The van der Waals surface area contributed by atoms with Crippen LogP contribution in [0.3, 0.4) is 0 Å². The maximum absolute atomic E-state index is 12.7. The van der Waals surface area contributed by atoms with Crippen molar-refractivity contribution in [2.45, 2.75) is 54.9 Å². The number of nitrogens with one attached hydrogen (secondary N) is 3. The van der Waals surface area contributed by atoms with Crippen LogP contribution in [0, 0.1) is 13.8 Å². The van der Waals surface area contributed by atoms with E-state index in [0.717, 1.165) is 16.2 Å². The van der Waals surface area contributed by atoms with Crippen LogP contribution in [0.25, 0.3) is 0 Å². The van der Waals surface area contributed by atoms with Gasteiger partial charge in [-0.25, -0.2) is 27.0 Å². The molecule has 2 aromatic carbocycles. The van der Waals surface area contributed by atoms with Gasteiger partial charge in [0.2, 0.25) is 10.0 Å². The lowest BCUT2D eigenvalue weighted by Gasteiger charge is -2.34. The number of nitrogens with zero attached hydrogens (tertiary/aromatic N) is 1. The first-order valence-electron chi connectivity index (χ1n) is 10.0. The second kappa shape index (κ2) is 9.93. The Morgan fingerprint density at radius 2 is 1.34 bits per heavy atom. The number of hydrogen-bond donors (Lipinski definition) is 5. The summed E-state index contributed by atoms with van der Waals surface area (Å²) in [7, 11) is -7.81. The third kappa shape index (κ3) is 6.56. The highest BCUT2D eigenvalue weighted by Crippen LogP contribution is 2.16. The minimum atomic E-state index is -3.95. The average molecular weight is 485 g/mol. The first kappa shape index (κ1) is 24.7. The molecule has 0 bridgehead atoms. The molecule has 5 N–H and O–H groups in total. The van der Waals surface area contributed by atoms with Gasteiger partial charge in [-0.3, -0.25) is 0 Å². The summed E-state index contributed by atoms with van der Waals surface area (Å²) in [5, 5.41) is 21.8. The van der Waals surface area contributed by atoms with Gasteiger partial charge in [0.25, 0.3) is 10.0 Å². The molecule has 0 amide bonds. The molecule has 32 heavy (non-hydrogen) atoms. The molecule has 1 fully saturated rings. The van der Waals surface area contributed by atoms with Crippen LogP contribution in [0.5, 0.6) is 0 Å². The van der Waals surface area contributed by atoms with Crippen molar-refractivity contribution in [2.24, 2.45) is 0 Å². The predicted octanol–water partition coefficient (Wildman–Crippen LogP) is 0.124. The SMILES string of the molecule is Cc1ccc(S(=O)(=O)NC2CC(O)CN(NS(=O)(=O)c3ccc(C)cc3)NC(O)C2)cc1. The Balaban J connectivity index is 1.67. The van der Waals surface area contributed by atoms with Crippen molar-refractivity contribution in [1.29, 1.82) is 0 Å². The van der Waals surface area contributed by atoms with Crippen molar-refractivity contribution in [3.05, 3.63) is 59.7 Å². The summed E-state index contributed by atoms with van der Waals surface area (Å²) in [6.07, 6.45) is -2.47. The van der Waals surface area contributed by atoms with Gasteiger partial charge in [0, 0.05) is 12.5 Å². The number of sulfonamides is 2. The van der Waals surface area contributed by atoms with Gasteiger partial charge in [-0.2, -0.15) is 5.12 Å². The van der Waals surface area contributed by atoms with Crippen LogP contribution in [0.15, 0.2) is 58.3 Å². The van der Waals surface area contributed by atoms with Crippen molar-refractivity contribution >= 4 is 20.0 Å². The summed E-state index contributed by atoms with van der Waals surface area (Å²) in [4.78, 5) is 2.40. The maximum atomic E-state index is 12.7. The standard InChI is InChI=1S/C20H28N4O6S2/c1-14-3-7-18(8-4-14)31(27,28)22-16-11-17(25)13-24(21-20(26)12-16)23-32(29,30)19-9-5-15(2)6-10-19/h3-10,16-17,20-23,25-26H,11-13H2,1-2H3. The van der Waals surface area contributed by atoms with E-state index in [2.05, 4.69) is 15.0 Å². The zero-order valence-corrected chi connectivity index (χ0v) is 19.4. The van der Waals surface area contributed by atoms with Gasteiger partial charge in [0.15, 0.2) is 0 Å². The Kier molecular flexibility index (Phi) is 7.68. The molecule has 1 saturated heterocycles. The lowest BCUT2D eigenvalue weighted by Crippen LogP contribution is -2.59. The van der Waals surface area contributed by atoms with Crippen molar-refractivity contribution in [2.75, 3.05) is 6.54 Å². The van der Waals surface area contributed by atoms with E-state index in [0.29, 0.717) is 0 Å². The number of β-amino-alcohol motifs (C(OH)–C–C–N with tert-alkyl or cyclic N) is 1. The summed E-state index contributed by atoms with van der Waals surface area (Å²) in [6, 6.07) is 11.8. The molecule has 2 aromatic rings. The molecular weight excluding hydrogens is 456 g/mol. The van der Waals surface area contributed by atoms with E-state index in [4.69, 9.17) is 0 Å². The molecule has 176 valence electrons. The number of benzene rings is 2. The number of aliphatic hydroxyl groups excluding tert-OH is 2. The molecule has 3 atom stereocenters. The number of hydrazine groups is 2. The summed E-state index contributed by atoms with van der Waals surface area (Å²) in [6.45, 7) is 3.46. The highest BCUT2D eigenvalue weighted by molar-refractivity contribution is 7.89. The molecule has 0 radical (unpaired) electrons. The largest absolute Gasteiger partial charge is 0.392 e. The Bertz CT molecular complexity index is 1020. The third-order valence-electron chi connectivity index (χ3n) is 4.98. The zero-order chi connectivity index (χ0) is 23.5. The van der Waals surface area contributed by atoms with E-state index in [1.807, 2.05) is 13.8 Å². The maximum Gasteiger partial charge on any atom is 0.254 e. The topological polar surface area (TPSA) is 148 Å². The lowest BCUT2D eigenvalue weighted by molar-refractivity contribution is -0.0335. The molecule has 0 saturated carbocycles. The third-order valence-corrected chi connectivity index (χ3v) is 7.87. The Morgan fingerprint density at radius 3 is 1.88 bits per heavy atom. The Hall–Kier alpha value is -1.90. The molecule has 1 aliphatic heterocycles. The van der Waals surface area contributed by atoms with Gasteiger partial charge in [0.1, 0.15) is 6.23 Å². The summed E-state index contributed by atoms with van der Waals surface area (Å²) in [5.41, 5.74) is 4.37. The number of rotatable bonds is 6. The van der Waals surface area contributed by atoms with Crippen LogP contribution >= 0.6 is 0 Å². The van der Waals surface area contributed by atoms with Crippen LogP contribution in [0.2, 0.25) is 0 Å². The van der Waals surface area contributed by atoms with E-state index in [1.165, 1.54) is 24.3 Å². The van der Waals surface area contributed by atoms with Crippen LogP contribution in [-0.4, -0.2) is 57.1 Å². The van der Waals surface area contributed by atoms with E-state index in [9.17, 15) is 27.0 Å². The van der Waals surface area contributed by atoms with Gasteiger partial charge in [-0.15, -0.1) is 4.83 Å². The normalized spacial score (nSPS) is 23.4. The van der Waals surface area contributed by atoms with Crippen LogP contribution in [0.1, 0.15) is 24.0 Å². The second-order valence-corrected chi connectivity index (χ2v) is 11.3. The van der Waals surface area contributed by atoms with Crippen LogP contribution in [-0.2, 0) is 20.0 Å². The second-order valence-electron chi connectivity index (χ2n) is 7.92. The van der Waals surface area contributed by atoms with Gasteiger partial charge >= 0.3 is 0 Å². The highest BCUT2D eigenvalue weighted by Gasteiger charge is 2.30. The van der Waals surface area contributed by atoms with Gasteiger partial charge < -0.3 is 10.2 Å². The van der Waals surface area contributed by atoms with E-state index >= 15 is 0 Å². The van der Waals surface area contributed by atoms with Crippen molar-refractivity contribution in [1.82, 2.24) is 20.1 Å². The highest BCUT2D eigenvalue weighted by atomic mass is 32.2. The lowest BCUT2D eigenvalue weighted by atomic mass is 10.1. The van der Waals surface area contributed by atoms with Crippen LogP contribution < -0.4 is 15.0 Å². The molecule has 3 unspecified atom stereocenters. The monoisotopic (exact) mass is 484 g/mol. The smallest absolute Gasteiger partial charge is 0.254 e. The molecule has 12 heteroatoms. The van der Waals surface area contributed by atoms with Crippen LogP contribution in [0.4, 0.5) is 0 Å². The first-order valence-corrected chi connectivity index (χ1v) is 13.0. The molecule has 3 rings (SSSR count). The average Bonchev–Trinajstić information content (AvgIpc) is 2.66. The van der Waals surface area contributed by atoms with E-state index < -0.39 is 38.4 Å². The minimum Gasteiger partial charge on any atom is -0.392 e. The van der Waals surface area contributed by atoms with Crippen molar-refractivity contribution in [3.63, 3.8) is 0 Å². The fourth-order valence-corrected chi connectivity index (χ4v) is 5.62. The Morgan fingerprint density at radius 1 is 0.844 bits per heavy atom. The molecular formula is C20H28N4O6S2. The summed E-state index contributed by atoms with van der Waals surface area (Å²) in [5.74, 6) is 0. The molecule has 1 heterocycles. The number of hydrogen-bond acceptors (Lipinski definition) is 8. The fraction of sp³-hybridized carbons (Fsp3) is 0.400. The molecule has 0 aromatic heterocycles. The van der Waals surface area contributed by atoms with Crippen molar-refractivity contribution < 1.29 is 27.0 Å². The van der Waals surface area contributed by atoms with Gasteiger partial charge in [0.05, 0.1) is 22.4 Å². The summed E-state index contributed by atoms with van der Waals surface area (Å²) < 4.78 is 53.0. The first-order chi connectivity index (χ1) is 14.9. The van der Waals surface area contributed by atoms with Gasteiger partial charge in [-0.1, -0.05) is 35.4 Å². The minimum absolute atomic E-state index is 0.0212. The van der Waals surface area contributed by atoms with Crippen molar-refractivity contribution in [3.8, 4) is 0 Å². The van der Waals surface area contributed by atoms with E-state index in [-0.39, 0.29) is 29.2 Å². The summed E-state index contributed by atoms with van der Waals surface area (Å²) >= 11 is 0. The number of aryl methyl sites for hydroxylation is 2. The van der Waals surface area contributed by atoms with E-state index in [1.54, 1.807) is 24.3 Å². The molecule has 0 spiro atoms. The number of aliphatic hydroxyl groups is 2. The predicted molar refractivity (Wildman–Crippen MR) is 118 cm³/mol. The quantitative estimate of drug-likeness (QED) is 0.388. The molecule has 10 nitrogen and oxygen atoms in total. The molecule has 1 aliphatic rings. The van der Waals surface area contributed by atoms with Gasteiger partial charge in [-0.05, 0) is 44.5 Å². The molecule has 0 aliphatic carbocycles. The fourth-order valence-electron chi connectivity index (χ4n) is 3.34.